The van der Waals surface area contributed by atoms with Gasteiger partial charge in [0.15, 0.2) is 11.7 Å². The molecule has 0 atom stereocenters. The van der Waals surface area contributed by atoms with Crippen LogP contribution < -0.4 is 10.6 Å². The van der Waals surface area contributed by atoms with E-state index in [2.05, 4.69) is 20.7 Å². The summed E-state index contributed by atoms with van der Waals surface area (Å²) in [5.41, 5.74) is 0.841. The Kier molecular flexibility index (Phi) is 6.40. The molecule has 2 N–H and O–H groups in total. The topological polar surface area (TPSA) is 102 Å². The van der Waals surface area contributed by atoms with E-state index in [1.807, 2.05) is 0 Å². The van der Waals surface area contributed by atoms with E-state index in [4.69, 9.17) is 4.42 Å². The third kappa shape index (κ3) is 5.56. The molecule has 31 heavy (non-hydrogen) atoms. The van der Waals surface area contributed by atoms with Gasteiger partial charge in [0.1, 0.15) is 12.4 Å². The molecule has 2 aromatic heterocycles. The summed E-state index contributed by atoms with van der Waals surface area (Å²) in [4.78, 5) is 28.4. The summed E-state index contributed by atoms with van der Waals surface area (Å²) in [6.45, 7) is 0.113. The van der Waals surface area contributed by atoms with Gasteiger partial charge in [0, 0.05) is 25.1 Å². The van der Waals surface area contributed by atoms with Crippen LogP contribution in [0, 0.1) is 5.82 Å². The summed E-state index contributed by atoms with van der Waals surface area (Å²) < 4.78 is 20.9. The molecule has 1 saturated carbocycles. The molecular weight excluding hydrogens is 401 g/mol. The minimum absolute atomic E-state index is 0.0811. The van der Waals surface area contributed by atoms with Crippen LogP contribution in [0.15, 0.2) is 47.3 Å². The maximum atomic E-state index is 13.8. The molecule has 0 bridgehead atoms. The number of nitrogens with one attached hydrogen (secondary N) is 2. The summed E-state index contributed by atoms with van der Waals surface area (Å²) in [6, 6.07) is 6.54. The Morgan fingerprint density at radius 1 is 1.16 bits per heavy atom. The number of amides is 2. The SMILES string of the molecule is O=C(CCc1ncc(-c2ccccc2F)o1)Nc1cnn(CC(=O)NC2CCCC2)c1. The molecule has 1 aromatic carbocycles. The molecule has 9 heteroatoms. The molecule has 0 spiro atoms. The standard InChI is InChI=1S/C22H24FN5O3/c23-18-8-4-3-7-17(18)19-12-24-22(31-19)10-9-20(29)27-16-11-25-28(13-16)14-21(30)26-15-5-1-2-6-15/h3-4,7-8,11-13,15H,1-2,5-6,9-10,14H2,(H,26,30)(H,27,29). The molecule has 8 nitrogen and oxygen atoms in total. The van der Waals surface area contributed by atoms with Gasteiger partial charge in [-0.1, -0.05) is 25.0 Å². The number of anilines is 1. The van der Waals surface area contributed by atoms with Crippen molar-refractivity contribution >= 4 is 17.5 Å². The van der Waals surface area contributed by atoms with Crippen LogP contribution in [-0.4, -0.2) is 32.6 Å². The van der Waals surface area contributed by atoms with Crippen molar-refractivity contribution in [2.45, 2.75) is 51.1 Å². The Labute approximate surface area is 178 Å². The molecule has 0 unspecified atom stereocenters. The summed E-state index contributed by atoms with van der Waals surface area (Å²) in [6.07, 6.45) is 9.35. The maximum Gasteiger partial charge on any atom is 0.241 e. The Balaban J connectivity index is 1.24. The molecule has 4 rings (SSSR count). The van der Waals surface area contributed by atoms with E-state index in [0.717, 1.165) is 25.7 Å². The highest BCUT2D eigenvalue weighted by atomic mass is 19.1. The number of oxazole rings is 1. The van der Waals surface area contributed by atoms with E-state index < -0.39 is 5.82 Å². The first-order chi connectivity index (χ1) is 15.1. The number of hydrogen-bond donors (Lipinski definition) is 2. The zero-order valence-electron chi connectivity index (χ0n) is 17.0. The Morgan fingerprint density at radius 2 is 1.97 bits per heavy atom. The fourth-order valence-corrected chi connectivity index (χ4v) is 3.66. The summed E-state index contributed by atoms with van der Waals surface area (Å²) in [5, 5.41) is 9.87. The van der Waals surface area contributed by atoms with Gasteiger partial charge in [-0.25, -0.2) is 9.37 Å². The second kappa shape index (κ2) is 9.55. The lowest BCUT2D eigenvalue weighted by Gasteiger charge is -2.11. The summed E-state index contributed by atoms with van der Waals surface area (Å²) in [5.74, 6) is -0.0294. The van der Waals surface area contributed by atoms with Gasteiger partial charge in [0.2, 0.25) is 11.8 Å². The van der Waals surface area contributed by atoms with Crippen LogP contribution in [0.1, 0.15) is 38.0 Å². The van der Waals surface area contributed by atoms with E-state index in [1.54, 1.807) is 24.4 Å². The molecule has 1 aliphatic rings. The molecule has 2 amide bonds. The predicted molar refractivity (Wildman–Crippen MR) is 111 cm³/mol. The highest BCUT2D eigenvalue weighted by Crippen LogP contribution is 2.23. The van der Waals surface area contributed by atoms with Crippen molar-refractivity contribution in [3.8, 4) is 11.3 Å². The van der Waals surface area contributed by atoms with Crippen molar-refractivity contribution in [1.29, 1.82) is 0 Å². The van der Waals surface area contributed by atoms with Gasteiger partial charge in [0.25, 0.3) is 0 Å². The van der Waals surface area contributed by atoms with Gasteiger partial charge in [-0.15, -0.1) is 0 Å². The van der Waals surface area contributed by atoms with E-state index in [9.17, 15) is 14.0 Å². The summed E-state index contributed by atoms with van der Waals surface area (Å²) >= 11 is 0. The predicted octanol–water partition coefficient (Wildman–Crippen LogP) is 3.31. The molecule has 0 saturated heterocycles. The number of carbonyl (C=O) groups excluding carboxylic acids is 2. The van der Waals surface area contributed by atoms with Crippen molar-refractivity contribution in [2.75, 3.05) is 5.32 Å². The third-order valence-corrected chi connectivity index (χ3v) is 5.20. The molecule has 2 heterocycles. The van der Waals surface area contributed by atoms with Gasteiger partial charge in [-0.3, -0.25) is 14.3 Å². The molecule has 3 aromatic rings. The Morgan fingerprint density at radius 3 is 2.77 bits per heavy atom. The zero-order valence-corrected chi connectivity index (χ0v) is 17.0. The fraction of sp³-hybridized carbons (Fsp3) is 0.364. The number of halogens is 1. The minimum Gasteiger partial charge on any atom is -0.441 e. The molecule has 1 fully saturated rings. The van der Waals surface area contributed by atoms with Gasteiger partial charge in [-0.2, -0.15) is 5.10 Å². The smallest absolute Gasteiger partial charge is 0.241 e. The number of aryl methyl sites for hydroxylation is 1. The molecule has 162 valence electrons. The molecule has 0 aliphatic heterocycles. The normalized spacial score (nSPS) is 14.0. The lowest BCUT2D eigenvalue weighted by atomic mass is 10.2. The van der Waals surface area contributed by atoms with Crippen molar-refractivity contribution < 1.29 is 18.4 Å². The van der Waals surface area contributed by atoms with Crippen molar-refractivity contribution in [3.63, 3.8) is 0 Å². The van der Waals surface area contributed by atoms with Gasteiger partial charge >= 0.3 is 0 Å². The third-order valence-electron chi connectivity index (χ3n) is 5.20. The molecule has 1 aliphatic carbocycles. The lowest BCUT2D eigenvalue weighted by molar-refractivity contribution is -0.122. The quantitative estimate of drug-likeness (QED) is 0.577. The van der Waals surface area contributed by atoms with E-state index in [1.165, 1.54) is 23.1 Å². The van der Waals surface area contributed by atoms with Gasteiger partial charge in [0.05, 0.1) is 23.6 Å². The van der Waals surface area contributed by atoms with Gasteiger partial charge < -0.3 is 15.1 Å². The van der Waals surface area contributed by atoms with Crippen LogP contribution in [0.25, 0.3) is 11.3 Å². The largest absolute Gasteiger partial charge is 0.441 e. The number of rotatable bonds is 8. The first-order valence-corrected chi connectivity index (χ1v) is 10.4. The van der Waals surface area contributed by atoms with Crippen LogP contribution in [0.4, 0.5) is 10.1 Å². The molecular formula is C22H24FN5O3. The number of hydrogen-bond acceptors (Lipinski definition) is 5. The fourth-order valence-electron chi connectivity index (χ4n) is 3.66. The molecule has 0 radical (unpaired) electrons. The van der Waals surface area contributed by atoms with Crippen LogP contribution in [-0.2, 0) is 22.6 Å². The first kappa shape index (κ1) is 20.8. The highest BCUT2D eigenvalue weighted by molar-refractivity contribution is 5.90. The average Bonchev–Trinajstić information content (AvgIpc) is 3.50. The van der Waals surface area contributed by atoms with Crippen molar-refractivity contribution in [3.05, 3.63) is 54.6 Å². The highest BCUT2D eigenvalue weighted by Gasteiger charge is 2.17. The van der Waals surface area contributed by atoms with Crippen LogP contribution >= 0.6 is 0 Å². The summed E-state index contributed by atoms with van der Waals surface area (Å²) in [7, 11) is 0. The Hall–Kier alpha value is -3.49. The van der Waals surface area contributed by atoms with Crippen LogP contribution in [0.5, 0.6) is 0 Å². The number of carbonyl (C=O) groups is 2. The number of aromatic nitrogens is 3. The lowest BCUT2D eigenvalue weighted by Crippen LogP contribution is -2.35. The van der Waals surface area contributed by atoms with Crippen LogP contribution in [0.2, 0.25) is 0 Å². The Bertz CT molecular complexity index is 1050. The monoisotopic (exact) mass is 425 g/mol. The number of benzene rings is 1. The van der Waals surface area contributed by atoms with E-state index in [-0.39, 0.29) is 37.2 Å². The van der Waals surface area contributed by atoms with Crippen molar-refractivity contribution in [1.82, 2.24) is 20.1 Å². The van der Waals surface area contributed by atoms with Crippen LogP contribution in [0.3, 0.4) is 0 Å². The second-order valence-electron chi connectivity index (χ2n) is 7.62. The maximum absolute atomic E-state index is 13.8. The second-order valence-corrected chi connectivity index (χ2v) is 7.62. The minimum atomic E-state index is -0.392. The van der Waals surface area contributed by atoms with Gasteiger partial charge in [-0.05, 0) is 25.0 Å². The van der Waals surface area contributed by atoms with Crippen molar-refractivity contribution in [2.24, 2.45) is 0 Å². The number of nitrogens with zero attached hydrogens (tertiary/aromatic N) is 3. The van der Waals surface area contributed by atoms with E-state index in [0.29, 0.717) is 22.9 Å². The average molecular weight is 425 g/mol. The first-order valence-electron chi connectivity index (χ1n) is 10.4. The van der Waals surface area contributed by atoms with E-state index >= 15 is 0 Å². The zero-order chi connectivity index (χ0) is 21.6.